The Kier molecular flexibility index (Phi) is 5.23. The lowest BCUT2D eigenvalue weighted by atomic mass is 10.1. The molecule has 1 aromatic carbocycles. The van der Waals surface area contributed by atoms with Gasteiger partial charge in [0.15, 0.2) is 0 Å². The van der Waals surface area contributed by atoms with Crippen LogP contribution in [-0.4, -0.2) is 13.1 Å². The van der Waals surface area contributed by atoms with Gasteiger partial charge in [-0.2, -0.15) is 0 Å². The Morgan fingerprint density at radius 3 is 2.27 bits per heavy atom. The topological polar surface area (TPSA) is 3.24 Å². The molecule has 0 bridgehead atoms. The van der Waals surface area contributed by atoms with Crippen LogP contribution in [0.15, 0.2) is 24.3 Å². The fourth-order valence-corrected chi connectivity index (χ4v) is 1.96. The van der Waals surface area contributed by atoms with Crippen LogP contribution in [0.2, 0.25) is 0 Å². The van der Waals surface area contributed by atoms with Gasteiger partial charge in [-0.05, 0) is 38.3 Å². The first-order chi connectivity index (χ1) is 7.33. The van der Waals surface area contributed by atoms with Crippen molar-refractivity contribution in [3.63, 3.8) is 0 Å². The molecular formula is C14H23N. The molecule has 1 rings (SSSR count). The van der Waals surface area contributed by atoms with Crippen LogP contribution in [0.25, 0.3) is 0 Å². The Morgan fingerprint density at radius 2 is 1.67 bits per heavy atom. The van der Waals surface area contributed by atoms with Crippen molar-refractivity contribution in [2.75, 3.05) is 18.0 Å². The molecule has 0 saturated heterocycles. The van der Waals surface area contributed by atoms with E-state index in [4.69, 9.17) is 0 Å². The Hall–Kier alpha value is -0.980. The van der Waals surface area contributed by atoms with Crippen LogP contribution >= 0.6 is 0 Å². The summed E-state index contributed by atoms with van der Waals surface area (Å²) in [6.45, 7) is 8.89. The molecule has 0 aromatic heterocycles. The van der Waals surface area contributed by atoms with Crippen molar-refractivity contribution < 1.29 is 0 Å². The fraction of sp³-hybridized carbons (Fsp3) is 0.571. The molecule has 0 aliphatic rings. The summed E-state index contributed by atoms with van der Waals surface area (Å²) >= 11 is 0. The van der Waals surface area contributed by atoms with Gasteiger partial charge in [0.05, 0.1) is 0 Å². The number of unbranched alkanes of at least 4 members (excludes halogenated alkanes) is 1. The van der Waals surface area contributed by atoms with Gasteiger partial charge in [-0.15, -0.1) is 0 Å². The summed E-state index contributed by atoms with van der Waals surface area (Å²) in [5.74, 6) is 0. The largest absolute Gasteiger partial charge is 0.372 e. The Bertz CT molecular complexity index is 276. The maximum absolute atomic E-state index is 2.44. The summed E-state index contributed by atoms with van der Waals surface area (Å²) in [6, 6.07) is 8.81. The molecule has 84 valence electrons. The number of aryl methyl sites for hydroxylation is 1. The van der Waals surface area contributed by atoms with E-state index < -0.39 is 0 Å². The van der Waals surface area contributed by atoms with E-state index in [1.807, 2.05) is 0 Å². The molecule has 0 N–H and O–H groups in total. The van der Waals surface area contributed by atoms with Crippen molar-refractivity contribution in [1.29, 1.82) is 0 Å². The molecule has 0 aliphatic carbocycles. The van der Waals surface area contributed by atoms with Gasteiger partial charge in [0.2, 0.25) is 0 Å². The van der Waals surface area contributed by atoms with Crippen molar-refractivity contribution in [2.24, 2.45) is 0 Å². The van der Waals surface area contributed by atoms with Crippen LogP contribution in [0.4, 0.5) is 5.69 Å². The van der Waals surface area contributed by atoms with Crippen LogP contribution in [0.1, 0.15) is 39.2 Å². The zero-order valence-electron chi connectivity index (χ0n) is 10.3. The van der Waals surface area contributed by atoms with E-state index in [-0.39, 0.29) is 0 Å². The minimum atomic E-state index is 1.10. The summed E-state index contributed by atoms with van der Waals surface area (Å²) in [5, 5.41) is 0. The highest BCUT2D eigenvalue weighted by Crippen LogP contribution is 2.21. The average molecular weight is 205 g/mol. The van der Waals surface area contributed by atoms with E-state index in [1.165, 1.54) is 30.5 Å². The zero-order chi connectivity index (χ0) is 11.1. The third kappa shape index (κ3) is 3.26. The standard InChI is InChI=1S/C14H23N/c1-4-7-10-13-11-8-9-12-14(13)15(5-2)6-3/h8-9,11-12H,4-7,10H2,1-3H3. The SMILES string of the molecule is CCCCc1ccccc1N(CC)CC. The third-order valence-corrected chi connectivity index (χ3v) is 2.90. The molecular weight excluding hydrogens is 182 g/mol. The van der Waals surface area contributed by atoms with Crippen molar-refractivity contribution in [3.8, 4) is 0 Å². The Labute approximate surface area is 94.1 Å². The smallest absolute Gasteiger partial charge is 0.0398 e. The highest BCUT2D eigenvalue weighted by atomic mass is 15.1. The minimum absolute atomic E-state index is 1.10. The highest BCUT2D eigenvalue weighted by Gasteiger charge is 2.06. The molecule has 0 aliphatic heterocycles. The molecule has 0 spiro atoms. The van der Waals surface area contributed by atoms with E-state index in [0.717, 1.165) is 13.1 Å². The van der Waals surface area contributed by atoms with Gasteiger partial charge < -0.3 is 4.90 Å². The normalized spacial score (nSPS) is 10.3. The molecule has 1 aromatic rings. The molecule has 1 nitrogen and oxygen atoms in total. The maximum atomic E-state index is 2.44. The summed E-state index contributed by atoms with van der Waals surface area (Å²) in [6.07, 6.45) is 3.77. The molecule has 0 amide bonds. The van der Waals surface area contributed by atoms with Crippen molar-refractivity contribution in [2.45, 2.75) is 40.0 Å². The number of nitrogens with zero attached hydrogens (tertiary/aromatic N) is 1. The quantitative estimate of drug-likeness (QED) is 0.681. The number of anilines is 1. The number of para-hydroxylation sites is 1. The van der Waals surface area contributed by atoms with Crippen molar-refractivity contribution in [1.82, 2.24) is 0 Å². The van der Waals surface area contributed by atoms with Crippen LogP contribution in [0.3, 0.4) is 0 Å². The summed E-state index contributed by atoms with van der Waals surface area (Å²) < 4.78 is 0. The lowest BCUT2D eigenvalue weighted by Gasteiger charge is -2.24. The second-order valence-electron chi connectivity index (χ2n) is 3.90. The predicted molar refractivity (Wildman–Crippen MR) is 68.6 cm³/mol. The molecule has 0 unspecified atom stereocenters. The first kappa shape index (κ1) is 12.1. The van der Waals surface area contributed by atoms with Gasteiger partial charge in [-0.1, -0.05) is 31.5 Å². The molecule has 0 fully saturated rings. The molecule has 0 atom stereocenters. The number of hydrogen-bond acceptors (Lipinski definition) is 1. The van der Waals surface area contributed by atoms with Gasteiger partial charge in [0.1, 0.15) is 0 Å². The first-order valence-electron chi connectivity index (χ1n) is 6.16. The molecule has 0 radical (unpaired) electrons. The second kappa shape index (κ2) is 6.49. The zero-order valence-corrected chi connectivity index (χ0v) is 10.3. The molecule has 0 saturated carbocycles. The number of hydrogen-bond donors (Lipinski definition) is 0. The molecule has 15 heavy (non-hydrogen) atoms. The van der Waals surface area contributed by atoms with E-state index in [1.54, 1.807) is 0 Å². The lowest BCUT2D eigenvalue weighted by Crippen LogP contribution is -2.23. The van der Waals surface area contributed by atoms with Crippen LogP contribution < -0.4 is 4.90 Å². The van der Waals surface area contributed by atoms with Crippen LogP contribution in [0, 0.1) is 0 Å². The second-order valence-corrected chi connectivity index (χ2v) is 3.90. The van der Waals surface area contributed by atoms with E-state index in [9.17, 15) is 0 Å². The summed E-state index contributed by atoms with van der Waals surface area (Å²) in [5.41, 5.74) is 2.93. The lowest BCUT2D eigenvalue weighted by molar-refractivity contribution is 0.783. The highest BCUT2D eigenvalue weighted by molar-refractivity contribution is 5.53. The van der Waals surface area contributed by atoms with E-state index in [0.29, 0.717) is 0 Å². The maximum Gasteiger partial charge on any atom is 0.0398 e. The van der Waals surface area contributed by atoms with Gasteiger partial charge >= 0.3 is 0 Å². The van der Waals surface area contributed by atoms with E-state index in [2.05, 4.69) is 49.9 Å². The Morgan fingerprint density at radius 1 is 1.00 bits per heavy atom. The molecule has 0 heterocycles. The fourth-order valence-electron chi connectivity index (χ4n) is 1.96. The van der Waals surface area contributed by atoms with Gasteiger partial charge in [0, 0.05) is 18.8 Å². The Balaban J connectivity index is 2.84. The number of rotatable bonds is 6. The summed E-state index contributed by atoms with van der Waals surface area (Å²) in [4.78, 5) is 2.44. The average Bonchev–Trinajstić information content (AvgIpc) is 2.29. The molecule has 1 heteroatoms. The third-order valence-electron chi connectivity index (χ3n) is 2.90. The van der Waals surface area contributed by atoms with Crippen LogP contribution in [0.5, 0.6) is 0 Å². The first-order valence-corrected chi connectivity index (χ1v) is 6.16. The van der Waals surface area contributed by atoms with Gasteiger partial charge in [0.25, 0.3) is 0 Å². The van der Waals surface area contributed by atoms with E-state index >= 15 is 0 Å². The minimum Gasteiger partial charge on any atom is -0.372 e. The predicted octanol–water partition coefficient (Wildman–Crippen LogP) is 3.88. The van der Waals surface area contributed by atoms with Crippen LogP contribution in [-0.2, 0) is 6.42 Å². The van der Waals surface area contributed by atoms with Crippen molar-refractivity contribution in [3.05, 3.63) is 29.8 Å². The monoisotopic (exact) mass is 205 g/mol. The summed E-state index contributed by atoms with van der Waals surface area (Å²) in [7, 11) is 0. The van der Waals surface area contributed by atoms with Gasteiger partial charge in [-0.25, -0.2) is 0 Å². The van der Waals surface area contributed by atoms with Gasteiger partial charge in [-0.3, -0.25) is 0 Å². The number of benzene rings is 1. The van der Waals surface area contributed by atoms with Crippen molar-refractivity contribution >= 4 is 5.69 Å².